The smallest absolute Gasteiger partial charge is 0.365 e. The fraction of sp³-hybridized carbons (Fsp3) is 0.364. The topological polar surface area (TPSA) is 111 Å². The number of nitrogens with two attached hydrogens (primary N) is 2. The van der Waals surface area contributed by atoms with Crippen LogP contribution in [0.5, 0.6) is 0 Å². The molecule has 1 fully saturated rings. The van der Waals surface area contributed by atoms with Crippen molar-refractivity contribution in [2.75, 3.05) is 10.6 Å². The summed E-state index contributed by atoms with van der Waals surface area (Å²) in [6.07, 6.45) is 0.419. The minimum absolute atomic E-state index is 0.0577. The SMILES string of the molecule is Cn1ccc2c(Nc3nc(N[C@@H]4CCCCC4N)c(F)cc3C(N)=O)cc(C(F)(F)F)cc21. The molecule has 4 rings (SSSR count). The molecule has 0 aliphatic heterocycles. The van der Waals surface area contributed by atoms with Crippen LogP contribution in [-0.2, 0) is 13.2 Å². The molecule has 1 amide bonds. The molecule has 3 aromatic rings. The second-order valence-electron chi connectivity index (χ2n) is 8.28. The third-order valence-electron chi connectivity index (χ3n) is 5.97. The van der Waals surface area contributed by atoms with Gasteiger partial charge in [0.15, 0.2) is 11.6 Å². The fourth-order valence-corrected chi connectivity index (χ4v) is 4.15. The quantitative estimate of drug-likeness (QED) is 0.422. The summed E-state index contributed by atoms with van der Waals surface area (Å²) < 4.78 is 56.8. The summed E-state index contributed by atoms with van der Waals surface area (Å²) in [5.41, 5.74) is 10.7. The average Bonchev–Trinajstić information content (AvgIpc) is 3.12. The first-order chi connectivity index (χ1) is 15.5. The molecule has 0 saturated heterocycles. The second-order valence-corrected chi connectivity index (χ2v) is 8.28. The van der Waals surface area contributed by atoms with Crippen LogP contribution in [0.25, 0.3) is 10.9 Å². The molecule has 176 valence electrons. The van der Waals surface area contributed by atoms with Crippen molar-refractivity contribution in [3.05, 3.63) is 47.4 Å². The third kappa shape index (κ3) is 4.58. The molecule has 2 atom stereocenters. The standard InChI is InChI=1S/C22H24F4N6O/c1-32-7-6-12-17(8-11(9-18(12)32)22(24,25)26)30-20-13(19(28)33)10-14(23)21(31-20)29-16-5-3-2-4-15(16)27/h6-10,15-16H,2-5,27H2,1H3,(H2,28,33)(H2,29,30,31)/t15?,16-/m1/s1. The molecule has 33 heavy (non-hydrogen) atoms. The van der Waals surface area contributed by atoms with E-state index in [2.05, 4.69) is 15.6 Å². The van der Waals surface area contributed by atoms with Gasteiger partial charge in [-0.25, -0.2) is 9.37 Å². The van der Waals surface area contributed by atoms with Gasteiger partial charge in [-0.15, -0.1) is 0 Å². The van der Waals surface area contributed by atoms with Crippen molar-refractivity contribution in [1.29, 1.82) is 0 Å². The molecule has 2 heterocycles. The zero-order valence-electron chi connectivity index (χ0n) is 17.8. The molecule has 7 nitrogen and oxygen atoms in total. The monoisotopic (exact) mass is 464 g/mol. The van der Waals surface area contributed by atoms with E-state index in [-0.39, 0.29) is 35.0 Å². The van der Waals surface area contributed by atoms with Crippen molar-refractivity contribution in [3.63, 3.8) is 0 Å². The number of hydrogen-bond acceptors (Lipinski definition) is 5. The van der Waals surface area contributed by atoms with Gasteiger partial charge in [0.05, 0.1) is 16.6 Å². The van der Waals surface area contributed by atoms with E-state index in [1.807, 2.05) is 0 Å². The van der Waals surface area contributed by atoms with Gasteiger partial charge in [0.2, 0.25) is 0 Å². The highest BCUT2D eigenvalue weighted by Crippen LogP contribution is 2.37. The normalized spacial score (nSPS) is 19.0. The summed E-state index contributed by atoms with van der Waals surface area (Å²) in [7, 11) is 1.62. The maximum atomic E-state index is 14.7. The predicted octanol–water partition coefficient (Wildman–Crippen LogP) is 4.26. The van der Waals surface area contributed by atoms with Gasteiger partial charge in [0.1, 0.15) is 5.82 Å². The highest BCUT2D eigenvalue weighted by molar-refractivity contribution is 6.01. The van der Waals surface area contributed by atoms with Crippen LogP contribution in [0.15, 0.2) is 30.5 Å². The Bertz CT molecular complexity index is 1210. The number of fused-ring (bicyclic) bond motifs is 1. The first kappa shape index (κ1) is 22.8. The van der Waals surface area contributed by atoms with Crippen LogP contribution in [0.4, 0.5) is 34.9 Å². The Balaban J connectivity index is 1.78. The molecule has 6 N–H and O–H groups in total. The predicted molar refractivity (Wildman–Crippen MR) is 118 cm³/mol. The Labute approximate surface area is 187 Å². The van der Waals surface area contributed by atoms with E-state index in [0.717, 1.165) is 43.9 Å². The number of aryl methyl sites for hydroxylation is 1. The summed E-state index contributed by atoms with van der Waals surface area (Å²) in [6, 6.07) is 4.09. The van der Waals surface area contributed by atoms with E-state index >= 15 is 0 Å². The van der Waals surface area contributed by atoms with Crippen molar-refractivity contribution in [3.8, 4) is 0 Å². The van der Waals surface area contributed by atoms with Gasteiger partial charge in [-0.3, -0.25) is 4.79 Å². The van der Waals surface area contributed by atoms with Crippen molar-refractivity contribution < 1.29 is 22.4 Å². The summed E-state index contributed by atoms with van der Waals surface area (Å²) >= 11 is 0. The molecule has 1 saturated carbocycles. The first-order valence-electron chi connectivity index (χ1n) is 10.5. The maximum Gasteiger partial charge on any atom is 0.416 e. The lowest BCUT2D eigenvalue weighted by Crippen LogP contribution is -2.43. The van der Waals surface area contributed by atoms with E-state index in [0.29, 0.717) is 10.9 Å². The Morgan fingerprint density at radius 3 is 2.58 bits per heavy atom. The Morgan fingerprint density at radius 1 is 1.18 bits per heavy atom. The number of rotatable bonds is 5. The Kier molecular flexibility index (Phi) is 5.91. The number of carbonyl (C=O) groups is 1. The summed E-state index contributed by atoms with van der Waals surface area (Å²) in [5, 5.41) is 6.22. The van der Waals surface area contributed by atoms with Crippen LogP contribution in [0, 0.1) is 5.82 Å². The molecule has 11 heteroatoms. The summed E-state index contributed by atoms with van der Waals surface area (Å²) in [5.74, 6) is -2.08. The lowest BCUT2D eigenvalue weighted by atomic mass is 9.91. The van der Waals surface area contributed by atoms with Gasteiger partial charge in [0.25, 0.3) is 5.91 Å². The van der Waals surface area contributed by atoms with Gasteiger partial charge in [-0.1, -0.05) is 12.8 Å². The molecule has 1 aliphatic carbocycles. The van der Waals surface area contributed by atoms with Crippen molar-refractivity contribution in [2.24, 2.45) is 18.5 Å². The number of amides is 1. The van der Waals surface area contributed by atoms with E-state index < -0.39 is 23.5 Å². The fourth-order valence-electron chi connectivity index (χ4n) is 4.15. The molecule has 2 aromatic heterocycles. The number of hydrogen-bond donors (Lipinski definition) is 4. The van der Waals surface area contributed by atoms with Gasteiger partial charge in [-0.05, 0) is 37.1 Å². The number of alkyl halides is 3. The second kappa shape index (κ2) is 8.54. The minimum Gasteiger partial charge on any atom is -0.365 e. The van der Waals surface area contributed by atoms with Crippen LogP contribution < -0.4 is 22.1 Å². The molecular formula is C22H24F4N6O. The molecule has 0 bridgehead atoms. The largest absolute Gasteiger partial charge is 0.416 e. The molecule has 0 radical (unpaired) electrons. The van der Waals surface area contributed by atoms with Crippen LogP contribution in [0.1, 0.15) is 41.6 Å². The number of nitrogens with zero attached hydrogens (tertiary/aromatic N) is 2. The number of nitrogens with one attached hydrogen (secondary N) is 2. The van der Waals surface area contributed by atoms with Crippen LogP contribution >= 0.6 is 0 Å². The number of halogens is 4. The van der Waals surface area contributed by atoms with Gasteiger partial charge < -0.3 is 26.7 Å². The number of aromatic nitrogens is 2. The number of primary amides is 1. The number of anilines is 3. The lowest BCUT2D eigenvalue weighted by Gasteiger charge is -2.30. The average molecular weight is 464 g/mol. The van der Waals surface area contributed by atoms with Crippen LogP contribution in [0.3, 0.4) is 0 Å². The number of pyridine rings is 1. The zero-order chi connectivity index (χ0) is 23.9. The van der Waals surface area contributed by atoms with Gasteiger partial charge in [-0.2, -0.15) is 13.2 Å². The summed E-state index contributed by atoms with van der Waals surface area (Å²) in [6.45, 7) is 0. The molecule has 1 aromatic carbocycles. The Hall–Kier alpha value is -3.34. The Morgan fingerprint density at radius 2 is 1.91 bits per heavy atom. The minimum atomic E-state index is -4.60. The van der Waals surface area contributed by atoms with E-state index in [9.17, 15) is 22.4 Å². The number of benzene rings is 1. The molecule has 1 aliphatic rings. The van der Waals surface area contributed by atoms with E-state index in [1.54, 1.807) is 23.9 Å². The summed E-state index contributed by atoms with van der Waals surface area (Å²) in [4.78, 5) is 16.1. The molecule has 1 unspecified atom stereocenters. The van der Waals surface area contributed by atoms with Crippen molar-refractivity contribution >= 4 is 34.1 Å². The van der Waals surface area contributed by atoms with Crippen molar-refractivity contribution in [1.82, 2.24) is 9.55 Å². The first-order valence-corrected chi connectivity index (χ1v) is 10.5. The van der Waals surface area contributed by atoms with E-state index in [4.69, 9.17) is 11.5 Å². The highest BCUT2D eigenvalue weighted by Gasteiger charge is 2.32. The van der Waals surface area contributed by atoms with Crippen LogP contribution in [-0.4, -0.2) is 27.5 Å². The third-order valence-corrected chi connectivity index (χ3v) is 5.97. The lowest BCUT2D eigenvalue weighted by molar-refractivity contribution is -0.137. The van der Waals surface area contributed by atoms with E-state index in [1.165, 1.54) is 0 Å². The van der Waals surface area contributed by atoms with Crippen molar-refractivity contribution in [2.45, 2.75) is 43.9 Å². The van der Waals surface area contributed by atoms with Gasteiger partial charge >= 0.3 is 6.18 Å². The molecular weight excluding hydrogens is 440 g/mol. The zero-order valence-corrected chi connectivity index (χ0v) is 17.8. The number of carbonyl (C=O) groups excluding carboxylic acids is 1. The maximum absolute atomic E-state index is 14.7. The highest BCUT2D eigenvalue weighted by atomic mass is 19.4. The molecule has 0 spiro atoms. The van der Waals surface area contributed by atoms with Gasteiger partial charge in [0, 0.05) is 36.4 Å². The van der Waals surface area contributed by atoms with Crippen LogP contribution in [0.2, 0.25) is 0 Å².